The molecule has 0 heterocycles. The summed E-state index contributed by atoms with van der Waals surface area (Å²) < 4.78 is 0. The number of amides is 1. The summed E-state index contributed by atoms with van der Waals surface area (Å²) in [6.07, 6.45) is 4.91. The number of rotatable bonds is 7. The van der Waals surface area contributed by atoms with E-state index in [0.717, 1.165) is 12.8 Å². The van der Waals surface area contributed by atoms with Crippen LogP contribution in [0.4, 0.5) is 0 Å². The Bertz CT molecular complexity index is 254. The third-order valence-electron chi connectivity index (χ3n) is 3.95. The van der Waals surface area contributed by atoms with Gasteiger partial charge in [-0.2, -0.15) is 0 Å². The number of carbonyl (C=O) groups is 1. The van der Waals surface area contributed by atoms with Gasteiger partial charge in [0.2, 0.25) is 5.91 Å². The van der Waals surface area contributed by atoms with Gasteiger partial charge < -0.3 is 10.6 Å². The minimum atomic E-state index is 0. The predicted molar refractivity (Wildman–Crippen MR) is 78.9 cm³/mol. The highest BCUT2D eigenvalue weighted by Gasteiger charge is 2.36. The molecule has 1 aliphatic rings. The maximum absolute atomic E-state index is 12.3. The van der Waals surface area contributed by atoms with E-state index in [1.165, 1.54) is 12.8 Å². The first-order valence-corrected chi connectivity index (χ1v) is 7.04. The van der Waals surface area contributed by atoms with Crippen LogP contribution >= 0.6 is 12.4 Å². The normalized spacial score (nSPS) is 19.6. The molecular weight excluding hydrogens is 248 g/mol. The van der Waals surface area contributed by atoms with Gasteiger partial charge in [-0.3, -0.25) is 4.79 Å². The molecule has 3 atom stereocenters. The van der Waals surface area contributed by atoms with Crippen LogP contribution in [0.5, 0.6) is 0 Å². The van der Waals surface area contributed by atoms with Crippen LogP contribution in [0, 0.1) is 5.92 Å². The first-order valence-electron chi connectivity index (χ1n) is 7.04. The first kappa shape index (κ1) is 17.7. The van der Waals surface area contributed by atoms with Crippen LogP contribution in [0.15, 0.2) is 0 Å². The molecular formula is C14H29ClN2O. The van der Waals surface area contributed by atoms with Crippen LogP contribution in [-0.2, 0) is 4.79 Å². The molecule has 0 aromatic carbocycles. The minimum Gasteiger partial charge on any atom is -0.337 e. The van der Waals surface area contributed by atoms with Crippen LogP contribution in [0.1, 0.15) is 59.8 Å². The highest BCUT2D eigenvalue weighted by atomic mass is 35.5. The molecule has 1 rings (SSSR count). The Morgan fingerprint density at radius 1 is 1.33 bits per heavy atom. The molecule has 0 bridgehead atoms. The molecule has 3 nitrogen and oxygen atoms in total. The first-order chi connectivity index (χ1) is 7.97. The summed E-state index contributed by atoms with van der Waals surface area (Å²) in [5.41, 5.74) is 5.72. The monoisotopic (exact) mass is 276 g/mol. The molecule has 0 saturated heterocycles. The van der Waals surface area contributed by atoms with E-state index in [2.05, 4.69) is 25.7 Å². The fraction of sp³-hybridized carbons (Fsp3) is 0.929. The Morgan fingerprint density at radius 2 is 1.89 bits per heavy atom. The summed E-state index contributed by atoms with van der Waals surface area (Å²) in [6, 6.07) is 1.01. The summed E-state index contributed by atoms with van der Waals surface area (Å²) in [5, 5.41) is 0. The summed E-state index contributed by atoms with van der Waals surface area (Å²) in [7, 11) is 0. The zero-order valence-corrected chi connectivity index (χ0v) is 13.0. The molecule has 108 valence electrons. The van der Waals surface area contributed by atoms with Crippen LogP contribution in [0.3, 0.4) is 0 Å². The second kappa shape index (κ2) is 8.00. The van der Waals surface area contributed by atoms with Gasteiger partial charge in [0.05, 0.1) is 0 Å². The van der Waals surface area contributed by atoms with Gasteiger partial charge in [0.15, 0.2) is 0 Å². The zero-order valence-electron chi connectivity index (χ0n) is 12.2. The Balaban J connectivity index is 0.00000289. The van der Waals surface area contributed by atoms with Crippen molar-refractivity contribution in [1.82, 2.24) is 4.90 Å². The highest BCUT2D eigenvalue weighted by molar-refractivity contribution is 5.85. The molecule has 0 aliphatic heterocycles. The van der Waals surface area contributed by atoms with Crippen LogP contribution in [0.2, 0.25) is 0 Å². The van der Waals surface area contributed by atoms with Crippen molar-refractivity contribution in [1.29, 1.82) is 0 Å². The Kier molecular flexibility index (Phi) is 7.88. The van der Waals surface area contributed by atoms with E-state index in [1.54, 1.807) is 0 Å². The molecule has 0 aromatic heterocycles. The molecule has 1 fully saturated rings. The lowest BCUT2D eigenvalue weighted by Gasteiger charge is -2.33. The van der Waals surface area contributed by atoms with E-state index >= 15 is 0 Å². The average molecular weight is 277 g/mol. The van der Waals surface area contributed by atoms with E-state index in [-0.39, 0.29) is 18.4 Å². The minimum absolute atomic E-state index is 0. The van der Waals surface area contributed by atoms with Crippen molar-refractivity contribution in [2.75, 3.05) is 0 Å². The summed E-state index contributed by atoms with van der Waals surface area (Å²) in [5.74, 6) is 0.882. The smallest absolute Gasteiger partial charge is 0.223 e. The van der Waals surface area contributed by atoms with Crippen molar-refractivity contribution in [3.63, 3.8) is 0 Å². The molecule has 18 heavy (non-hydrogen) atoms. The molecule has 0 spiro atoms. The molecule has 0 aromatic rings. The lowest BCUT2D eigenvalue weighted by molar-refractivity contribution is -0.135. The summed E-state index contributed by atoms with van der Waals surface area (Å²) in [4.78, 5) is 14.4. The van der Waals surface area contributed by atoms with E-state index < -0.39 is 0 Å². The quantitative estimate of drug-likeness (QED) is 0.777. The molecule has 1 saturated carbocycles. The van der Waals surface area contributed by atoms with Crippen molar-refractivity contribution < 1.29 is 4.79 Å². The van der Waals surface area contributed by atoms with Gasteiger partial charge in [-0.25, -0.2) is 0 Å². The summed E-state index contributed by atoms with van der Waals surface area (Å²) >= 11 is 0. The van der Waals surface area contributed by atoms with Crippen molar-refractivity contribution >= 4 is 18.3 Å². The zero-order chi connectivity index (χ0) is 13.0. The molecule has 0 radical (unpaired) electrons. The number of nitrogens with two attached hydrogens (primary N) is 1. The Labute approximate surface area is 118 Å². The van der Waals surface area contributed by atoms with Crippen molar-refractivity contribution in [2.24, 2.45) is 11.7 Å². The molecule has 1 aliphatic carbocycles. The van der Waals surface area contributed by atoms with Crippen LogP contribution < -0.4 is 5.73 Å². The third kappa shape index (κ3) is 5.15. The number of carbonyl (C=O) groups excluding carboxylic acids is 1. The maximum atomic E-state index is 12.3. The second-order valence-electron chi connectivity index (χ2n) is 5.67. The van der Waals surface area contributed by atoms with Gasteiger partial charge in [-0.15, -0.1) is 12.4 Å². The molecule has 2 N–H and O–H groups in total. The number of hydrogen-bond donors (Lipinski definition) is 1. The van der Waals surface area contributed by atoms with Crippen LogP contribution in [-0.4, -0.2) is 28.9 Å². The lowest BCUT2D eigenvalue weighted by Crippen LogP contribution is -2.43. The topological polar surface area (TPSA) is 46.3 Å². The van der Waals surface area contributed by atoms with Gasteiger partial charge in [-0.05, 0) is 39.0 Å². The standard InChI is InChI=1S/C14H28N2O.ClH/c1-5-10(2)12(4)16(13-7-8-13)14(17)9-6-11(3)15;/h10-13H,5-9,15H2,1-4H3;1H. The number of nitrogens with zero attached hydrogens (tertiary/aromatic N) is 1. The number of hydrogen-bond acceptors (Lipinski definition) is 2. The van der Waals surface area contributed by atoms with Crippen molar-refractivity contribution in [3.8, 4) is 0 Å². The third-order valence-corrected chi connectivity index (χ3v) is 3.95. The van der Waals surface area contributed by atoms with E-state index in [1.807, 2.05) is 6.92 Å². The van der Waals surface area contributed by atoms with Crippen molar-refractivity contribution in [2.45, 2.75) is 77.9 Å². The van der Waals surface area contributed by atoms with E-state index in [9.17, 15) is 4.79 Å². The van der Waals surface area contributed by atoms with Gasteiger partial charge in [0, 0.05) is 24.5 Å². The van der Waals surface area contributed by atoms with Gasteiger partial charge in [0.1, 0.15) is 0 Å². The van der Waals surface area contributed by atoms with E-state index in [4.69, 9.17) is 5.73 Å². The number of halogens is 1. The maximum Gasteiger partial charge on any atom is 0.223 e. The fourth-order valence-electron chi connectivity index (χ4n) is 2.21. The van der Waals surface area contributed by atoms with Gasteiger partial charge in [-0.1, -0.05) is 20.3 Å². The average Bonchev–Trinajstić information content (AvgIpc) is 3.09. The fourth-order valence-corrected chi connectivity index (χ4v) is 2.21. The second-order valence-corrected chi connectivity index (χ2v) is 5.67. The SMILES string of the molecule is CCC(C)C(C)N(C(=O)CCC(C)N)C1CC1.Cl. The highest BCUT2D eigenvalue weighted by Crippen LogP contribution is 2.32. The van der Waals surface area contributed by atoms with Gasteiger partial charge >= 0.3 is 0 Å². The molecule has 1 amide bonds. The van der Waals surface area contributed by atoms with Gasteiger partial charge in [0.25, 0.3) is 0 Å². The summed E-state index contributed by atoms with van der Waals surface area (Å²) in [6.45, 7) is 8.58. The van der Waals surface area contributed by atoms with Crippen LogP contribution in [0.25, 0.3) is 0 Å². The largest absolute Gasteiger partial charge is 0.337 e. The lowest BCUT2D eigenvalue weighted by atomic mass is 9.98. The van der Waals surface area contributed by atoms with E-state index in [0.29, 0.717) is 30.3 Å². The Hall–Kier alpha value is -0.280. The molecule has 3 unspecified atom stereocenters. The van der Waals surface area contributed by atoms with Crippen molar-refractivity contribution in [3.05, 3.63) is 0 Å². The Morgan fingerprint density at radius 3 is 2.28 bits per heavy atom. The predicted octanol–water partition coefficient (Wildman–Crippen LogP) is 2.96. The molecule has 4 heteroatoms.